The molecule has 0 amide bonds. The van der Waals surface area contributed by atoms with Crippen molar-refractivity contribution in [1.82, 2.24) is 14.8 Å². The molecule has 8 nitrogen and oxygen atoms in total. The van der Waals surface area contributed by atoms with Crippen molar-refractivity contribution in [2.45, 2.75) is 19.0 Å². The van der Waals surface area contributed by atoms with Gasteiger partial charge in [0, 0.05) is 12.6 Å². The van der Waals surface area contributed by atoms with Gasteiger partial charge < -0.3 is 14.0 Å². The molecule has 156 valence electrons. The Kier molecular flexibility index (Phi) is 7.08. The van der Waals surface area contributed by atoms with E-state index in [0.717, 1.165) is 34.3 Å². The quantitative estimate of drug-likeness (QED) is 0.211. The van der Waals surface area contributed by atoms with Crippen LogP contribution in [0.4, 0.5) is 5.69 Å². The van der Waals surface area contributed by atoms with Crippen LogP contribution in [-0.2, 0) is 16.6 Å². The van der Waals surface area contributed by atoms with E-state index in [2.05, 4.69) is 20.7 Å². The van der Waals surface area contributed by atoms with Gasteiger partial charge in [-0.25, -0.2) is 4.79 Å². The van der Waals surface area contributed by atoms with Crippen LogP contribution in [0.5, 0.6) is 5.75 Å². The summed E-state index contributed by atoms with van der Waals surface area (Å²) in [6.07, 6.45) is 0. The third kappa shape index (κ3) is 5.18. The number of ether oxygens (including phenoxy) is 2. The van der Waals surface area contributed by atoms with Crippen LogP contribution in [0.15, 0.2) is 58.8 Å². The van der Waals surface area contributed by atoms with Crippen LogP contribution in [0.2, 0.25) is 0 Å². The van der Waals surface area contributed by atoms with Gasteiger partial charge in [0.15, 0.2) is 11.0 Å². The number of hydrazone groups is 1. The van der Waals surface area contributed by atoms with Crippen LogP contribution >= 0.6 is 11.8 Å². The molecule has 0 unspecified atom stereocenters. The summed E-state index contributed by atoms with van der Waals surface area (Å²) in [6.45, 7) is 4.00. The Balaban J connectivity index is 1.83. The number of benzene rings is 2. The highest BCUT2D eigenvalue weighted by Gasteiger charge is 2.20. The molecule has 0 aliphatic carbocycles. The van der Waals surface area contributed by atoms with E-state index >= 15 is 0 Å². The number of esters is 1. The summed E-state index contributed by atoms with van der Waals surface area (Å²) in [7, 11) is 3.45. The zero-order valence-corrected chi connectivity index (χ0v) is 18.1. The van der Waals surface area contributed by atoms with Crippen molar-refractivity contribution >= 4 is 28.5 Å². The van der Waals surface area contributed by atoms with Crippen molar-refractivity contribution in [2.75, 3.05) is 19.1 Å². The smallest absolute Gasteiger partial charge is 0.365 e. The zero-order valence-electron chi connectivity index (χ0n) is 17.2. The van der Waals surface area contributed by atoms with E-state index in [1.165, 1.54) is 0 Å². The van der Waals surface area contributed by atoms with Gasteiger partial charge >= 0.3 is 5.97 Å². The zero-order chi connectivity index (χ0) is 21.5. The maximum atomic E-state index is 12.4. The summed E-state index contributed by atoms with van der Waals surface area (Å²) in [5.41, 5.74) is 5.67. The SMILES string of the molecule is CCOC(=O)C(=NNc1ccc(C)cc1)Sc1nnc(-c2ccc(OC)cc2)n1C. The summed E-state index contributed by atoms with van der Waals surface area (Å²) in [4.78, 5) is 12.4. The number of nitrogens with one attached hydrogen (secondary N) is 1. The second-order valence-electron chi connectivity index (χ2n) is 6.31. The van der Waals surface area contributed by atoms with Crippen molar-refractivity contribution < 1.29 is 14.3 Å². The fourth-order valence-corrected chi connectivity index (χ4v) is 3.24. The van der Waals surface area contributed by atoms with Gasteiger partial charge in [0.25, 0.3) is 0 Å². The Labute approximate surface area is 179 Å². The second kappa shape index (κ2) is 9.93. The van der Waals surface area contributed by atoms with Crippen LogP contribution in [0, 0.1) is 6.92 Å². The first-order valence-electron chi connectivity index (χ1n) is 9.31. The van der Waals surface area contributed by atoms with Crippen LogP contribution in [-0.4, -0.2) is 39.5 Å². The molecule has 1 N–H and O–H groups in total. The number of rotatable bonds is 6. The number of hydrogen-bond donors (Lipinski definition) is 1. The maximum absolute atomic E-state index is 12.4. The Morgan fingerprint density at radius 2 is 1.83 bits per heavy atom. The maximum Gasteiger partial charge on any atom is 0.365 e. The fourth-order valence-electron chi connectivity index (χ4n) is 2.53. The van der Waals surface area contributed by atoms with Crippen molar-refractivity contribution in [3.63, 3.8) is 0 Å². The topological polar surface area (TPSA) is 90.6 Å². The average Bonchev–Trinajstić information content (AvgIpc) is 3.12. The number of anilines is 1. The number of thioether (sulfide) groups is 1. The van der Waals surface area contributed by atoms with Gasteiger partial charge in [0.1, 0.15) is 5.75 Å². The molecule has 0 aliphatic rings. The van der Waals surface area contributed by atoms with Gasteiger partial charge in [0.2, 0.25) is 5.04 Å². The molecule has 0 fully saturated rings. The van der Waals surface area contributed by atoms with Crippen LogP contribution < -0.4 is 10.2 Å². The number of aryl methyl sites for hydroxylation is 1. The number of methoxy groups -OCH3 is 1. The van der Waals surface area contributed by atoms with E-state index in [0.29, 0.717) is 11.0 Å². The summed E-state index contributed by atoms with van der Waals surface area (Å²) >= 11 is 1.09. The molecule has 1 aromatic heterocycles. The fraction of sp³-hybridized carbons (Fsp3) is 0.238. The Bertz CT molecular complexity index is 1030. The van der Waals surface area contributed by atoms with E-state index in [9.17, 15) is 4.79 Å². The lowest BCUT2D eigenvalue weighted by Crippen LogP contribution is -2.16. The minimum absolute atomic E-state index is 0.134. The standard InChI is InChI=1S/C21H23N5O3S/c1-5-29-20(27)19(24-22-16-10-6-14(2)7-11-16)30-21-25-23-18(26(21)3)15-8-12-17(28-4)13-9-15/h6-13,22H,5H2,1-4H3. The number of nitrogens with zero attached hydrogens (tertiary/aromatic N) is 4. The predicted octanol–water partition coefficient (Wildman–Crippen LogP) is 3.88. The third-order valence-electron chi connectivity index (χ3n) is 4.16. The molecule has 30 heavy (non-hydrogen) atoms. The molecule has 0 radical (unpaired) electrons. The van der Waals surface area contributed by atoms with Gasteiger partial charge in [-0.3, -0.25) is 5.43 Å². The second-order valence-corrected chi connectivity index (χ2v) is 7.27. The number of carbonyl (C=O) groups is 1. The van der Waals surface area contributed by atoms with Crippen molar-refractivity contribution in [3.05, 3.63) is 54.1 Å². The molecule has 0 aliphatic heterocycles. The molecule has 0 bridgehead atoms. The van der Waals surface area contributed by atoms with Crippen molar-refractivity contribution in [3.8, 4) is 17.1 Å². The number of hydrogen-bond acceptors (Lipinski definition) is 8. The number of carbonyl (C=O) groups excluding carboxylic acids is 1. The van der Waals surface area contributed by atoms with Gasteiger partial charge in [0.05, 0.1) is 19.4 Å². The molecule has 9 heteroatoms. The first-order valence-corrected chi connectivity index (χ1v) is 10.1. The average molecular weight is 426 g/mol. The van der Waals surface area contributed by atoms with E-state index < -0.39 is 5.97 Å². The lowest BCUT2D eigenvalue weighted by atomic mass is 10.2. The Morgan fingerprint density at radius 1 is 1.13 bits per heavy atom. The normalized spacial score (nSPS) is 11.3. The molecule has 0 saturated heterocycles. The molecule has 0 atom stereocenters. The highest BCUT2D eigenvalue weighted by atomic mass is 32.2. The van der Waals surface area contributed by atoms with Crippen LogP contribution in [0.3, 0.4) is 0 Å². The lowest BCUT2D eigenvalue weighted by molar-refractivity contribution is -0.134. The predicted molar refractivity (Wildman–Crippen MR) is 118 cm³/mol. The molecular weight excluding hydrogens is 402 g/mol. The van der Waals surface area contributed by atoms with Crippen LogP contribution in [0.25, 0.3) is 11.4 Å². The highest BCUT2D eigenvalue weighted by molar-refractivity contribution is 8.15. The van der Waals surface area contributed by atoms with E-state index in [1.807, 2.05) is 62.5 Å². The Morgan fingerprint density at radius 3 is 2.47 bits per heavy atom. The molecule has 2 aromatic carbocycles. The summed E-state index contributed by atoms with van der Waals surface area (Å²) in [6, 6.07) is 15.2. The summed E-state index contributed by atoms with van der Waals surface area (Å²) < 4.78 is 12.1. The van der Waals surface area contributed by atoms with Crippen molar-refractivity contribution in [2.24, 2.45) is 12.1 Å². The molecule has 3 rings (SSSR count). The minimum atomic E-state index is -0.531. The highest BCUT2D eigenvalue weighted by Crippen LogP contribution is 2.25. The van der Waals surface area contributed by atoms with E-state index in [-0.39, 0.29) is 11.7 Å². The van der Waals surface area contributed by atoms with Gasteiger partial charge in [-0.1, -0.05) is 17.7 Å². The molecular formula is C21H23N5O3S. The Hall–Kier alpha value is -3.33. The van der Waals surface area contributed by atoms with Gasteiger partial charge in [-0.15, -0.1) is 10.2 Å². The van der Waals surface area contributed by atoms with E-state index in [4.69, 9.17) is 9.47 Å². The largest absolute Gasteiger partial charge is 0.497 e. The van der Waals surface area contributed by atoms with Gasteiger partial charge in [-0.05, 0) is 62.0 Å². The first-order chi connectivity index (χ1) is 14.5. The first kappa shape index (κ1) is 21.4. The number of aromatic nitrogens is 3. The summed E-state index contributed by atoms with van der Waals surface area (Å²) in [5, 5.41) is 13.4. The summed E-state index contributed by atoms with van der Waals surface area (Å²) in [5.74, 6) is 0.889. The van der Waals surface area contributed by atoms with Crippen molar-refractivity contribution in [1.29, 1.82) is 0 Å². The third-order valence-corrected chi connectivity index (χ3v) is 5.15. The van der Waals surface area contributed by atoms with Crippen LogP contribution in [0.1, 0.15) is 12.5 Å². The minimum Gasteiger partial charge on any atom is -0.497 e. The monoisotopic (exact) mass is 425 g/mol. The molecule has 0 spiro atoms. The molecule has 1 heterocycles. The van der Waals surface area contributed by atoms with Gasteiger partial charge in [-0.2, -0.15) is 5.10 Å². The molecule has 3 aromatic rings. The van der Waals surface area contributed by atoms with E-state index in [1.54, 1.807) is 18.6 Å². The molecule has 0 saturated carbocycles. The lowest BCUT2D eigenvalue weighted by Gasteiger charge is -2.08.